The molecule has 1 aliphatic carbocycles. The maximum atomic E-state index is 11.8. The molecule has 0 bridgehead atoms. The minimum absolute atomic E-state index is 0.126. The molecule has 4 rings (SSSR count). The van der Waals surface area contributed by atoms with E-state index in [-0.39, 0.29) is 11.8 Å². The Morgan fingerprint density at radius 3 is 2.91 bits per heavy atom. The van der Waals surface area contributed by atoms with Crippen LogP contribution >= 0.6 is 0 Å². The summed E-state index contributed by atoms with van der Waals surface area (Å²) in [6.45, 7) is 3.32. The van der Waals surface area contributed by atoms with Crippen LogP contribution in [0.25, 0.3) is 0 Å². The normalized spacial score (nSPS) is 28.7. The van der Waals surface area contributed by atoms with Crippen LogP contribution in [0.4, 0.5) is 5.69 Å². The lowest BCUT2D eigenvalue weighted by atomic mass is 10.1. The minimum Gasteiger partial charge on any atom is -0.383 e. The van der Waals surface area contributed by atoms with E-state index in [1.54, 1.807) is 13.3 Å². The van der Waals surface area contributed by atoms with E-state index < -0.39 is 0 Å². The Kier molecular flexibility index (Phi) is 4.09. The van der Waals surface area contributed by atoms with Crippen molar-refractivity contribution < 1.29 is 14.3 Å². The second kappa shape index (κ2) is 6.22. The monoisotopic (exact) mass is 320 g/mol. The lowest BCUT2D eigenvalue weighted by Gasteiger charge is -2.38. The quantitative estimate of drug-likeness (QED) is 0.843. The third kappa shape index (κ3) is 3.13. The minimum atomic E-state index is 0.126. The first-order valence-electron chi connectivity index (χ1n) is 8.42. The van der Waals surface area contributed by atoms with Gasteiger partial charge in [0.05, 0.1) is 43.8 Å². The van der Waals surface area contributed by atoms with Crippen molar-refractivity contribution in [1.82, 2.24) is 14.7 Å². The van der Waals surface area contributed by atoms with Gasteiger partial charge >= 0.3 is 0 Å². The molecular weight excluding hydrogens is 296 g/mol. The zero-order valence-electron chi connectivity index (χ0n) is 13.5. The zero-order valence-corrected chi connectivity index (χ0v) is 13.5. The van der Waals surface area contributed by atoms with Crippen molar-refractivity contribution >= 4 is 11.6 Å². The van der Waals surface area contributed by atoms with Gasteiger partial charge in [-0.2, -0.15) is 5.10 Å². The van der Waals surface area contributed by atoms with Crippen molar-refractivity contribution in [3.05, 3.63) is 12.4 Å². The first kappa shape index (κ1) is 15.1. The summed E-state index contributed by atoms with van der Waals surface area (Å²) < 4.78 is 12.7. The zero-order chi connectivity index (χ0) is 15.8. The number of likely N-dealkylation sites (tertiary alicyclic amines) is 1. The average Bonchev–Trinajstić information content (AvgIpc) is 3.12. The molecule has 0 radical (unpaired) electrons. The highest BCUT2D eigenvalue weighted by Gasteiger charge is 2.40. The van der Waals surface area contributed by atoms with Crippen LogP contribution in [0, 0.1) is 5.92 Å². The summed E-state index contributed by atoms with van der Waals surface area (Å²) in [4.78, 5) is 14.3. The lowest BCUT2D eigenvalue weighted by Crippen LogP contribution is -2.52. The van der Waals surface area contributed by atoms with Crippen LogP contribution in [-0.4, -0.2) is 66.1 Å². The summed E-state index contributed by atoms with van der Waals surface area (Å²) in [7, 11) is 1.75. The number of hydrogen-bond acceptors (Lipinski definition) is 5. The van der Waals surface area contributed by atoms with E-state index in [2.05, 4.69) is 15.3 Å². The smallest absolute Gasteiger partial charge is 0.227 e. The molecule has 1 aromatic rings. The number of amides is 1. The number of nitrogens with one attached hydrogen (secondary N) is 1. The van der Waals surface area contributed by atoms with E-state index in [0.29, 0.717) is 18.1 Å². The second-order valence-electron chi connectivity index (χ2n) is 6.86. The summed E-state index contributed by atoms with van der Waals surface area (Å²) in [6.07, 6.45) is 6.75. The summed E-state index contributed by atoms with van der Waals surface area (Å²) >= 11 is 0. The van der Waals surface area contributed by atoms with Crippen molar-refractivity contribution in [2.24, 2.45) is 5.92 Å². The maximum Gasteiger partial charge on any atom is 0.227 e. The lowest BCUT2D eigenvalue weighted by molar-refractivity contribution is -0.117. The van der Waals surface area contributed by atoms with Crippen LogP contribution in [0.15, 0.2) is 12.4 Å². The van der Waals surface area contributed by atoms with Gasteiger partial charge in [0.1, 0.15) is 0 Å². The Labute approximate surface area is 135 Å². The SMILES string of the molecule is COC[C@@H]1C[C@H](n2cc(NC(=O)C3CC3)cn2)CN1C1COC1. The van der Waals surface area contributed by atoms with Gasteiger partial charge in [-0.25, -0.2) is 0 Å². The van der Waals surface area contributed by atoms with Gasteiger partial charge in [0, 0.05) is 31.8 Å². The van der Waals surface area contributed by atoms with Gasteiger partial charge in [0.15, 0.2) is 0 Å². The Morgan fingerprint density at radius 1 is 1.43 bits per heavy atom. The number of anilines is 1. The molecular formula is C16H24N4O3. The Balaban J connectivity index is 1.41. The van der Waals surface area contributed by atoms with E-state index in [1.165, 1.54) is 0 Å². The van der Waals surface area contributed by atoms with Gasteiger partial charge in [-0.1, -0.05) is 0 Å². The number of aromatic nitrogens is 2. The number of hydrogen-bond donors (Lipinski definition) is 1. The largest absolute Gasteiger partial charge is 0.383 e. The number of carbonyl (C=O) groups is 1. The van der Waals surface area contributed by atoms with Crippen molar-refractivity contribution in [2.45, 2.75) is 37.4 Å². The summed E-state index contributed by atoms with van der Waals surface area (Å²) in [6, 6.07) is 1.24. The molecule has 2 saturated heterocycles. The van der Waals surface area contributed by atoms with Gasteiger partial charge in [-0.3, -0.25) is 14.4 Å². The molecule has 3 fully saturated rings. The van der Waals surface area contributed by atoms with E-state index in [4.69, 9.17) is 9.47 Å². The average molecular weight is 320 g/mol. The van der Waals surface area contributed by atoms with Crippen LogP contribution in [-0.2, 0) is 14.3 Å². The van der Waals surface area contributed by atoms with Crippen molar-refractivity contribution in [2.75, 3.05) is 38.8 Å². The highest BCUT2D eigenvalue weighted by atomic mass is 16.5. The van der Waals surface area contributed by atoms with Crippen LogP contribution in [0.2, 0.25) is 0 Å². The highest BCUT2D eigenvalue weighted by molar-refractivity contribution is 5.93. The molecule has 7 nitrogen and oxygen atoms in total. The van der Waals surface area contributed by atoms with Gasteiger partial charge in [0.2, 0.25) is 5.91 Å². The standard InChI is InChI=1S/C16H24N4O3/c1-22-8-14-4-13(7-19(14)15-9-23-10-15)20-6-12(5-17-20)18-16(21)11-2-3-11/h5-6,11,13-15H,2-4,7-10H2,1H3,(H,18,21)/t13-,14-/m0/s1. The third-order valence-electron chi connectivity index (χ3n) is 5.07. The van der Waals surface area contributed by atoms with Gasteiger partial charge in [0.25, 0.3) is 0 Å². The van der Waals surface area contributed by atoms with E-state index in [1.807, 2.05) is 10.9 Å². The van der Waals surface area contributed by atoms with Gasteiger partial charge < -0.3 is 14.8 Å². The summed E-state index contributed by atoms with van der Waals surface area (Å²) in [5.41, 5.74) is 0.801. The van der Waals surface area contributed by atoms with Crippen molar-refractivity contribution in [1.29, 1.82) is 0 Å². The number of rotatable bonds is 6. The van der Waals surface area contributed by atoms with Crippen molar-refractivity contribution in [3.8, 4) is 0 Å². The molecule has 7 heteroatoms. The fourth-order valence-electron chi connectivity index (χ4n) is 3.52. The Morgan fingerprint density at radius 2 is 2.26 bits per heavy atom. The second-order valence-corrected chi connectivity index (χ2v) is 6.86. The first-order chi connectivity index (χ1) is 11.2. The number of carbonyl (C=O) groups excluding carboxylic acids is 1. The topological polar surface area (TPSA) is 68.6 Å². The Hall–Kier alpha value is -1.44. The Bertz CT molecular complexity index is 567. The molecule has 3 heterocycles. The van der Waals surface area contributed by atoms with E-state index in [9.17, 15) is 4.79 Å². The third-order valence-corrected chi connectivity index (χ3v) is 5.07. The van der Waals surface area contributed by atoms with Crippen molar-refractivity contribution in [3.63, 3.8) is 0 Å². The predicted molar refractivity (Wildman–Crippen MR) is 84.2 cm³/mol. The molecule has 3 aliphatic rings. The molecule has 1 N–H and O–H groups in total. The molecule has 1 saturated carbocycles. The summed E-state index contributed by atoms with van der Waals surface area (Å²) in [5.74, 6) is 0.339. The van der Waals surface area contributed by atoms with E-state index in [0.717, 1.165) is 51.3 Å². The fourth-order valence-corrected chi connectivity index (χ4v) is 3.52. The van der Waals surface area contributed by atoms with E-state index >= 15 is 0 Å². The molecule has 126 valence electrons. The van der Waals surface area contributed by atoms with Crippen LogP contribution in [0.5, 0.6) is 0 Å². The maximum absolute atomic E-state index is 11.8. The number of nitrogens with zero attached hydrogens (tertiary/aromatic N) is 3. The van der Waals surface area contributed by atoms with Gasteiger partial charge in [-0.15, -0.1) is 0 Å². The van der Waals surface area contributed by atoms with Crippen LogP contribution in [0.3, 0.4) is 0 Å². The van der Waals surface area contributed by atoms with Crippen LogP contribution < -0.4 is 5.32 Å². The molecule has 1 amide bonds. The number of ether oxygens (including phenoxy) is 2. The van der Waals surface area contributed by atoms with Crippen LogP contribution in [0.1, 0.15) is 25.3 Å². The molecule has 1 aromatic heterocycles. The molecule has 23 heavy (non-hydrogen) atoms. The first-order valence-corrected chi connectivity index (χ1v) is 8.42. The molecule has 2 aliphatic heterocycles. The summed E-state index contributed by atoms with van der Waals surface area (Å²) in [5, 5.41) is 7.43. The predicted octanol–water partition coefficient (Wildman–Crippen LogP) is 0.892. The highest BCUT2D eigenvalue weighted by Crippen LogP contribution is 2.32. The molecule has 0 unspecified atom stereocenters. The molecule has 0 aromatic carbocycles. The molecule has 2 atom stereocenters. The fraction of sp³-hybridized carbons (Fsp3) is 0.750. The molecule has 0 spiro atoms. The van der Waals surface area contributed by atoms with Gasteiger partial charge in [-0.05, 0) is 19.3 Å². The number of methoxy groups -OCH3 is 1.